The Morgan fingerprint density at radius 2 is 2.47 bits per heavy atom. The molecule has 2 heterocycles. The van der Waals surface area contributed by atoms with E-state index in [0.717, 1.165) is 17.2 Å². The Morgan fingerprint density at radius 1 is 1.65 bits per heavy atom. The second kappa shape index (κ2) is 5.48. The van der Waals surface area contributed by atoms with Crippen LogP contribution >= 0.6 is 11.3 Å². The summed E-state index contributed by atoms with van der Waals surface area (Å²) in [5, 5.41) is 14.3. The highest BCUT2D eigenvalue weighted by Gasteiger charge is 2.13. The van der Waals surface area contributed by atoms with Crippen LogP contribution in [0.3, 0.4) is 0 Å². The van der Waals surface area contributed by atoms with E-state index in [4.69, 9.17) is 9.84 Å². The largest absolute Gasteiger partial charge is 0.480 e. The smallest absolute Gasteiger partial charge is 0.237 e. The SMILES string of the molecule is COc1nc2sccn2c1CNCC(C)CO. The molecule has 1 atom stereocenters. The number of fused-ring (bicyclic) bond motifs is 1. The number of thiazole rings is 1. The van der Waals surface area contributed by atoms with E-state index in [1.807, 2.05) is 22.9 Å². The monoisotopic (exact) mass is 255 g/mol. The van der Waals surface area contributed by atoms with Gasteiger partial charge in [0.15, 0.2) is 4.96 Å². The van der Waals surface area contributed by atoms with Gasteiger partial charge in [0.05, 0.1) is 7.11 Å². The quantitative estimate of drug-likeness (QED) is 0.812. The topological polar surface area (TPSA) is 58.8 Å². The molecule has 0 amide bonds. The maximum absolute atomic E-state index is 8.95. The molecular weight excluding hydrogens is 238 g/mol. The molecule has 0 aromatic carbocycles. The van der Waals surface area contributed by atoms with Crippen LogP contribution in [-0.2, 0) is 6.54 Å². The molecule has 0 fully saturated rings. The van der Waals surface area contributed by atoms with Gasteiger partial charge in [-0.05, 0) is 5.92 Å². The molecule has 0 saturated carbocycles. The maximum atomic E-state index is 8.95. The highest BCUT2D eigenvalue weighted by Crippen LogP contribution is 2.22. The summed E-state index contributed by atoms with van der Waals surface area (Å²) in [6.07, 6.45) is 1.99. The van der Waals surface area contributed by atoms with Gasteiger partial charge in [-0.15, -0.1) is 11.3 Å². The van der Waals surface area contributed by atoms with Crippen LogP contribution in [0.15, 0.2) is 11.6 Å². The Balaban J connectivity index is 2.08. The molecular formula is C11H17N3O2S. The van der Waals surface area contributed by atoms with E-state index in [9.17, 15) is 0 Å². The van der Waals surface area contributed by atoms with Gasteiger partial charge in [-0.25, -0.2) is 0 Å². The molecule has 0 spiro atoms. The predicted octanol–water partition coefficient (Wildman–Crippen LogP) is 1.12. The molecule has 0 aliphatic heterocycles. The molecule has 5 nitrogen and oxygen atoms in total. The van der Waals surface area contributed by atoms with Crippen molar-refractivity contribution >= 4 is 16.3 Å². The Labute approximate surface area is 104 Å². The minimum absolute atomic E-state index is 0.199. The minimum atomic E-state index is 0.199. The van der Waals surface area contributed by atoms with Gasteiger partial charge in [-0.1, -0.05) is 6.92 Å². The number of aliphatic hydroxyl groups is 1. The number of methoxy groups -OCH3 is 1. The maximum Gasteiger partial charge on any atom is 0.237 e. The van der Waals surface area contributed by atoms with Crippen LogP contribution in [0.1, 0.15) is 12.6 Å². The van der Waals surface area contributed by atoms with Gasteiger partial charge in [-0.3, -0.25) is 4.40 Å². The Morgan fingerprint density at radius 3 is 3.18 bits per heavy atom. The predicted molar refractivity (Wildman–Crippen MR) is 67.6 cm³/mol. The fraction of sp³-hybridized carbons (Fsp3) is 0.545. The zero-order chi connectivity index (χ0) is 12.3. The number of aromatic nitrogens is 2. The van der Waals surface area contributed by atoms with E-state index in [2.05, 4.69) is 10.3 Å². The average molecular weight is 255 g/mol. The summed E-state index contributed by atoms with van der Waals surface area (Å²) in [4.78, 5) is 5.32. The molecule has 0 aliphatic rings. The number of nitrogens with one attached hydrogen (secondary N) is 1. The molecule has 2 rings (SSSR count). The summed E-state index contributed by atoms with van der Waals surface area (Å²) in [6, 6.07) is 0. The summed E-state index contributed by atoms with van der Waals surface area (Å²) in [5.41, 5.74) is 1.02. The third-order valence-electron chi connectivity index (χ3n) is 2.61. The van der Waals surface area contributed by atoms with Crippen LogP contribution in [0.25, 0.3) is 4.96 Å². The van der Waals surface area contributed by atoms with Crippen molar-refractivity contribution in [3.8, 4) is 5.88 Å². The molecule has 6 heteroatoms. The standard InChI is InChI=1S/C11H17N3O2S/c1-8(7-15)5-12-6-9-10(16-2)13-11-14(9)3-4-17-11/h3-4,8,12,15H,5-7H2,1-2H3. The van der Waals surface area contributed by atoms with Gasteiger partial charge in [0, 0.05) is 31.3 Å². The van der Waals surface area contributed by atoms with Crippen LogP contribution in [0.5, 0.6) is 5.88 Å². The van der Waals surface area contributed by atoms with Crippen molar-refractivity contribution in [2.75, 3.05) is 20.3 Å². The first-order chi connectivity index (χ1) is 8.26. The number of hydrogen-bond acceptors (Lipinski definition) is 5. The van der Waals surface area contributed by atoms with Crippen molar-refractivity contribution in [2.45, 2.75) is 13.5 Å². The van der Waals surface area contributed by atoms with E-state index < -0.39 is 0 Å². The zero-order valence-corrected chi connectivity index (χ0v) is 10.8. The summed E-state index contributed by atoms with van der Waals surface area (Å²) in [6.45, 7) is 3.66. The summed E-state index contributed by atoms with van der Waals surface area (Å²) in [5.74, 6) is 0.924. The molecule has 17 heavy (non-hydrogen) atoms. The molecule has 1 unspecified atom stereocenters. The lowest BCUT2D eigenvalue weighted by Gasteiger charge is -2.09. The molecule has 0 saturated heterocycles. The van der Waals surface area contributed by atoms with Crippen molar-refractivity contribution in [3.63, 3.8) is 0 Å². The highest BCUT2D eigenvalue weighted by atomic mass is 32.1. The second-order valence-electron chi connectivity index (χ2n) is 4.04. The lowest BCUT2D eigenvalue weighted by atomic mass is 10.2. The molecule has 0 bridgehead atoms. The lowest BCUT2D eigenvalue weighted by molar-refractivity contribution is 0.233. The van der Waals surface area contributed by atoms with Gasteiger partial charge in [0.25, 0.3) is 0 Å². The van der Waals surface area contributed by atoms with Crippen LogP contribution in [0.4, 0.5) is 0 Å². The van der Waals surface area contributed by atoms with Crippen molar-refractivity contribution in [1.29, 1.82) is 0 Å². The average Bonchev–Trinajstić information content (AvgIpc) is 2.90. The molecule has 94 valence electrons. The fourth-order valence-electron chi connectivity index (χ4n) is 1.64. The van der Waals surface area contributed by atoms with E-state index in [-0.39, 0.29) is 12.5 Å². The second-order valence-corrected chi connectivity index (χ2v) is 4.92. The van der Waals surface area contributed by atoms with Crippen molar-refractivity contribution in [3.05, 3.63) is 17.3 Å². The van der Waals surface area contributed by atoms with E-state index in [0.29, 0.717) is 12.4 Å². The van der Waals surface area contributed by atoms with Gasteiger partial charge in [0.1, 0.15) is 5.69 Å². The normalized spacial score (nSPS) is 13.1. The van der Waals surface area contributed by atoms with Crippen molar-refractivity contribution in [1.82, 2.24) is 14.7 Å². The van der Waals surface area contributed by atoms with E-state index in [1.165, 1.54) is 0 Å². The van der Waals surface area contributed by atoms with Gasteiger partial charge in [0.2, 0.25) is 5.88 Å². The summed E-state index contributed by atoms with van der Waals surface area (Å²) >= 11 is 1.59. The van der Waals surface area contributed by atoms with Gasteiger partial charge >= 0.3 is 0 Å². The van der Waals surface area contributed by atoms with Crippen molar-refractivity contribution < 1.29 is 9.84 Å². The van der Waals surface area contributed by atoms with Gasteiger partial charge in [-0.2, -0.15) is 4.98 Å². The van der Waals surface area contributed by atoms with Crippen LogP contribution in [0, 0.1) is 5.92 Å². The lowest BCUT2D eigenvalue weighted by Crippen LogP contribution is -2.23. The third kappa shape index (κ3) is 2.59. The first kappa shape index (κ1) is 12.3. The number of rotatable bonds is 6. The third-order valence-corrected chi connectivity index (χ3v) is 3.37. The number of hydrogen-bond donors (Lipinski definition) is 2. The number of imidazole rings is 1. The highest BCUT2D eigenvalue weighted by molar-refractivity contribution is 7.15. The van der Waals surface area contributed by atoms with Crippen LogP contribution < -0.4 is 10.1 Å². The molecule has 0 aliphatic carbocycles. The Bertz CT molecular complexity index is 480. The van der Waals surface area contributed by atoms with E-state index in [1.54, 1.807) is 18.4 Å². The van der Waals surface area contributed by atoms with Crippen LogP contribution in [-0.4, -0.2) is 34.8 Å². The molecule has 2 aromatic heterocycles. The number of aliphatic hydroxyl groups excluding tert-OH is 1. The molecule has 0 radical (unpaired) electrons. The summed E-state index contributed by atoms with van der Waals surface area (Å²) < 4.78 is 7.29. The Kier molecular flexibility index (Phi) is 3.98. The van der Waals surface area contributed by atoms with Crippen molar-refractivity contribution in [2.24, 2.45) is 5.92 Å². The van der Waals surface area contributed by atoms with E-state index >= 15 is 0 Å². The number of ether oxygens (including phenoxy) is 1. The number of nitrogens with zero attached hydrogens (tertiary/aromatic N) is 2. The fourth-order valence-corrected chi connectivity index (χ4v) is 2.36. The first-order valence-electron chi connectivity index (χ1n) is 5.56. The minimum Gasteiger partial charge on any atom is -0.480 e. The summed E-state index contributed by atoms with van der Waals surface area (Å²) in [7, 11) is 1.63. The first-order valence-corrected chi connectivity index (χ1v) is 6.44. The van der Waals surface area contributed by atoms with Gasteiger partial charge < -0.3 is 15.2 Å². The molecule has 2 N–H and O–H groups in total. The zero-order valence-electron chi connectivity index (χ0n) is 10.0. The Hall–Kier alpha value is -1.11. The molecule has 2 aromatic rings. The van der Waals surface area contributed by atoms with Crippen LogP contribution in [0.2, 0.25) is 0 Å².